The van der Waals surface area contributed by atoms with Gasteiger partial charge in [-0.1, -0.05) is 0 Å². The van der Waals surface area contributed by atoms with Gasteiger partial charge in [0.1, 0.15) is 0 Å². The van der Waals surface area contributed by atoms with Crippen molar-refractivity contribution in [3.8, 4) is 0 Å². The Balaban J connectivity index is 1.89. The first-order chi connectivity index (χ1) is 13.7. The Morgan fingerprint density at radius 2 is 1.33 bits per heavy atom. The molecule has 5 heteroatoms. The number of fused-ring (bicyclic) bond motifs is 8. The molecule has 3 aromatic heterocycles. The van der Waals surface area contributed by atoms with Crippen LogP contribution in [0.3, 0.4) is 0 Å². The monoisotopic (exact) mass is 353 g/mol. The van der Waals surface area contributed by atoms with Crippen LogP contribution in [0.5, 0.6) is 0 Å². The molecule has 0 saturated heterocycles. The Hall–Kier alpha value is -3.86. The van der Waals surface area contributed by atoms with Crippen LogP contribution >= 0.6 is 0 Å². The van der Waals surface area contributed by atoms with Crippen molar-refractivity contribution in [3.05, 3.63) is 77.0 Å². The highest BCUT2D eigenvalue weighted by Gasteiger charge is 2.03. The van der Waals surface area contributed by atoms with Crippen LogP contribution in [0.1, 0.15) is 29.7 Å². The number of H-pyrrole nitrogens is 2. The highest BCUT2D eigenvalue weighted by atomic mass is 16.2. The maximum atomic E-state index is 9.25. The van der Waals surface area contributed by atoms with Crippen molar-refractivity contribution < 1.29 is 6.48 Å². The summed E-state index contributed by atoms with van der Waals surface area (Å²) in [6, 6.07) is 11.9. The van der Waals surface area contributed by atoms with Crippen LogP contribution in [0.4, 0.5) is 0 Å². The fourth-order valence-electron chi connectivity index (χ4n) is 3.17. The summed E-state index contributed by atoms with van der Waals surface area (Å²) in [6.07, 6.45) is 10.2. The molecule has 0 aromatic carbocycles. The minimum atomic E-state index is 0.293. The van der Waals surface area contributed by atoms with Gasteiger partial charge in [-0.05, 0) is 72.8 Å². The molecule has 0 radical (unpaired) electrons. The quantitative estimate of drug-likeness (QED) is 0.363. The van der Waals surface area contributed by atoms with Crippen molar-refractivity contribution >= 4 is 52.4 Å². The topological polar surface area (TPSA) is 77.6 Å². The SMILES string of the molecule is [2H]c1c(C=CO)c2cc3nc(cc4ccc(cc5nc(cc1[nH]2)C=C5)[nH]4)C=C3. The van der Waals surface area contributed by atoms with Gasteiger partial charge >= 0.3 is 0 Å². The third kappa shape index (κ3) is 3.06. The van der Waals surface area contributed by atoms with Gasteiger partial charge in [-0.2, -0.15) is 0 Å². The number of aliphatic hydroxyl groups excluding tert-OH is 1. The molecule has 0 spiro atoms. The fourth-order valence-corrected chi connectivity index (χ4v) is 3.17. The van der Waals surface area contributed by atoms with E-state index in [0.717, 1.165) is 40.1 Å². The Bertz CT molecular complexity index is 1340. The van der Waals surface area contributed by atoms with E-state index in [9.17, 15) is 5.11 Å². The number of aromatic nitrogens is 4. The Morgan fingerprint density at radius 3 is 1.93 bits per heavy atom. The van der Waals surface area contributed by atoms with Gasteiger partial charge < -0.3 is 15.1 Å². The zero-order valence-corrected chi connectivity index (χ0v) is 14.3. The number of hydrogen-bond acceptors (Lipinski definition) is 3. The van der Waals surface area contributed by atoms with Crippen molar-refractivity contribution in [1.82, 2.24) is 19.9 Å². The van der Waals surface area contributed by atoms with Gasteiger partial charge in [0, 0.05) is 27.6 Å². The highest BCUT2D eigenvalue weighted by Crippen LogP contribution is 2.20. The molecule has 2 aliphatic heterocycles. The Morgan fingerprint density at radius 1 is 0.778 bits per heavy atom. The highest BCUT2D eigenvalue weighted by molar-refractivity contribution is 5.81. The minimum absolute atomic E-state index is 0.293. The maximum absolute atomic E-state index is 9.25. The lowest BCUT2D eigenvalue weighted by Crippen LogP contribution is -1.76. The third-order valence-corrected chi connectivity index (χ3v) is 4.36. The van der Waals surface area contributed by atoms with E-state index in [0.29, 0.717) is 22.6 Å². The molecular formula is C22H16N4O. The molecule has 5 nitrogen and oxygen atoms in total. The molecule has 3 N–H and O–H groups in total. The largest absolute Gasteiger partial charge is 0.516 e. The van der Waals surface area contributed by atoms with E-state index in [4.69, 9.17) is 1.37 Å². The molecular weight excluding hydrogens is 336 g/mol. The number of nitrogens with zero attached hydrogens (tertiary/aromatic N) is 2. The second-order valence-corrected chi connectivity index (χ2v) is 6.34. The first-order valence-corrected chi connectivity index (χ1v) is 8.57. The lowest BCUT2D eigenvalue weighted by molar-refractivity contribution is 0.478. The predicted octanol–water partition coefficient (Wildman–Crippen LogP) is 5.18. The van der Waals surface area contributed by atoms with Crippen LogP contribution in [0.2, 0.25) is 0 Å². The van der Waals surface area contributed by atoms with E-state index in [1.807, 2.05) is 60.7 Å². The normalized spacial score (nSPS) is 13.4. The van der Waals surface area contributed by atoms with Crippen LogP contribution in [-0.4, -0.2) is 25.0 Å². The van der Waals surface area contributed by atoms with Gasteiger partial charge in [-0.15, -0.1) is 0 Å². The van der Waals surface area contributed by atoms with Crippen molar-refractivity contribution in [1.29, 1.82) is 0 Å². The van der Waals surface area contributed by atoms with E-state index < -0.39 is 0 Å². The van der Waals surface area contributed by atoms with E-state index in [-0.39, 0.29) is 0 Å². The standard InChI is InChI=1S/C22H16N4O/c27-8-7-14-9-21-12-19-4-3-17(24-19)10-15-1-2-16(23-15)11-18-5-6-20(25-18)13-22(14)26-21/h1-13,23,26-27H/i9D. The van der Waals surface area contributed by atoms with Gasteiger partial charge in [0.05, 0.1) is 30.4 Å². The summed E-state index contributed by atoms with van der Waals surface area (Å²) in [4.78, 5) is 15.8. The first-order valence-electron chi connectivity index (χ1n) is 9.07. The summed E-state index contributed by atoms with van der Waals surface area (Å²) >= 11 is 0. The van der Waals surface area contributed by atoms with Gasteiger partial charge in [0.2, 0.25) is 0 Å². The molecule has 8 bridgehead atoms. The molecule has 130 valence electrons. The molecule has 0 atom stereocenters. The second-order valence-electron chi connectivity index (χ2n) is 6.34. The smallest absolute Gasteiger partial charge is 0.0798 e. The predicted molar refractivity (Wildman–Crippen MR) is 111 cm³/mol. The molecule has 5 heterocycles. The summed E-state index contributed by atoms with van der Waals surface area (Å²) in [5.41, 5.74) is 7.04. The van der Waals surface area contributed by atoms with Crippen LogP contribution in [0.15, 0.2) is 48.7 Å². The number of aliphatic hydroxyl groups is 1. The molecule has 0 aliphatic carbocycles. The summed E-state index contributed by atoms with van der Waals surface area (Å²) < 4.78 is 8.46. The Kier molecular flexibility index (Phi) is 3.26. The van der Waals surface area contributed by atoms with Gasteiger partial charge in [0.25, 0.3) is 0 Å². The van der Waals surface area contributed by atoms with Crippen LogP contribution in [0, 0.1) is 0 Å². The summed E-state index contributed by atoms with van der Waals surface area (Å²) in [7, 11) is 0. The summed E-state index contributed by atoms with van der Waals surface area (Å²) in [5, 5.41) is 9.25. The molecule has 3 aromatic rings. The van der Waals surface area contributed by atoms with Gasteiger partial charge in [-0.25, -0.2) is 9.97 Å². The number of hydrogen-bond donors (Lipinski definition) is 3. The van der Waals surface area contributed by atoms with E-state index >= 15 is 0 Å². The molecule has 27 heavy (non-hydrogen) atoms. The van der Waals surface area contributed by atoms with E-state index in [1.165, 1.54) is 6.08 Å². The molecule has 0 fully saturated rings. The molecule has 5 rings (SSSR count). The van der Waals surface area contributed by atoms with Crippen LogP contribution in [-0.2, 0) is 0 Å². The van der Waals surface area contributed by atoms with E-state index in [1.54, 1.807) is 0 Å². The van der Waals surface area contributed by atoms with Crippen LogP contribution in [0.25, 0.3) is 52.4 Å². The minimum Gasteiger partial charge on any atom is -0.516 e. The van der Waals surface area contributed by atoms with Gasteiger partial charge in [0.15, 0.2) is 0 Å². The molecule has 0 amide bonds. The van der Waals surface area contributed by atoms with Crippen molar-refractivity contribution in [2.24, 2.45) is 0 Å². The van der Waals surface area contributed by atoms with Gasteiger partial charge in [-0.3, -0.25) is 0 Å². The molecule has 2 aliphatic rings. The van der Waals surface area contributed by atoms with Crippen LogP contribution < -0.4 is 0 Å². The van der Waals surface area contributed by atoms with E-state index in [2.05, 4.69) is 19.9 Å². The second kappa shape index (κ2) is 6.14. The maximum Gasteiger partial charge on any atom is 0.0798 e. The number of nitrogens with one attached hydrogen (secondary N) is 2. The summed E-state index contributed by atoms with van der Waals surface area (Å²) in [6.45, 7) is 0. The van der Waals surface area contributed by atoms with Crippen molar-refractivity contribution in [2.75, 3.05) is 0 Å². The van der Waals surface area contributed by atoms with Crippen molar-refractivity contribution in [2.45, 2.75) is 0 Å². The number of rotatable bonds is 1. The zero-order chi connectivity index (χ0) is 19.1. The zero-order valence-electron chi connectivity index (χ0n) is 15.3. The molecule has 0 unspecified atom stereocenters. The number of aromatic amines is 2. The van der Waals surface area contributed by atoms with Crippen molar-refractivity contribution in [3.63, 3.8) is 0 Å². The average Bonchev–Trinajstić information content (AvgIpc) is 3.44. The average molecular weight is 353 g/mol. The Labute approximate surface area is 156 Å². The third-order valence-electron chi connectivity index (χ3n) is 4.36. The lowest BCUT2D eigenvalue weighted by Gasteiger charge is -1.87. The summed E-state index contributed by atoms with van der Waals surface area (Å²) in [5.74, 6) is 0. The fraction of sp³-hybridized carbons (Fsp3) is 0. The molecule has 0 saturated carbocycles. The lowest BCUT2D eigenvalue weighted by atomic mass is 10.2. The first kappa shape index (κ1) is 14.3.